The maximum absolute atomic E-state index is 14.6. The van der Waals surface area contributed by atoms with E-state index in [0.717, 1.165) is 28.4 Å². The van der Waals surface area contributed by atoms with Crippen molar-refractivity contribution in [2.45, 2.75) is 227 Å². The largest absolute Gasteiger partial charge is 0.469 e. The van der Waals surface area contributed by atoms with Crippen molar-refractivity contribution in [2.75, 3.05) is 64.8 Å². The SMILES string of the molecule is CC(C)C[C@H](NC(=O)CNC(=O)CNC(=O)CCCC[C@@H]1SC[C@@H]2NC(=O)N[C@@H]21)C(=O)N[C@H](C(=O)N1CCC[C@H]1C(=O)N1CCC[C@H]1C(=O)N[C@@H](CCC(N)=O)C(=O)N[C@@H](COP(=O)(O)O)C(=O)NCC(=O)N[C@@H](CCCCN)C(=O)N[C@@H](CCCCN)C(=O)N[C@@H](CCC(N)=O)C(=O)N[C@@H](CO)C(N)=O)[C@@H](C)O. The zero-order valence-corrected chi connectivity index (χ0v) is 63.1. The lowest BCUT2D eigenvalue weighted by Crippen LogP contribution is -2.61. The monoisotopic (exact) mass is 1590 g/mol. The third-order valence-electron chi connectivity index (χ3n) is 18.1. The van der Waals surface area contributed by atoms with Crippen LogP contribution < -0.4 is 97.8 Å². The first-order valence-electron chi connectivity index (χ1n) is 36.2. The average molecular weight is 1590 g/mol. The predicted octanol–water partition coefficient (Wildman–Crippen LogP) is -9.28. The van der Waals surface area contributed by atoms with E-state index in [1.165, 1.54) is 6.92 Å². The highest BCUT2D eigenvalue weighted by Crippen LogP contribution is 2.36. The summed E-state index contributed by atoms with van der Waals surface area (Å²) in [6, 6.07) is -15.7. The van der Waals surface area contributed by atoms with Gasteiger partial charge in [-0.2, -0.15) is 11.8 Å². The van der Waals surface area contributed by atoms with Gasteiger partial charge in [-0.1, -0.05) is 20.3 Å². The van der Waals surface area contributed by atoms with Crippen molar-refractivity contribution in [3.05, 3.63) is 0 Å². The number of nitrogens with one attached hydrogen (secondary N) is 13. The number of aliphatic hydroxyl groups is 2. The molecule has 0 aromatic rings. The molecule has 4 heterocycles. The van der Waals surface area contributed by atoms with Gasteiger partial charge in [-0.25, -0.2) is 9.36 Å². The molecule has 614 valence electrons. The Morgan fingerprint density at radius 2 is 1.06 bits per heavy atom. The van der Waals surface area contributed by atoms with Crippen LogP contribution in [0.5, 0.6) is 0 Å². The van der Waals surface area contributed by atoms with Gasteiger partial charge in [-0.05, 0) is 122 Å². The highest BCUT2D eigenvalue weighted by atomic mass is 32.2. The number of hydrogen-bond donors (Lipinski definition) is 22. The quantitative estimate of drug-likeness (QED) is 0.0153. The van der Waals surface area contributed by atoms with Crippen LogP contribution in [0.25, 0.3) is 0 Å². The van der Waals surface area contributed by atoms with Gasteiger partial charge in [-0.15, -0.1) is 0 Å². The fourth-order valence-corrected chi connectivity index (χ4v) is 14.3. The molecule has 18 amide bonds. The predicted molar refractivity (Wildman–Crippen MR) is 386 cm³/mol. The number of nitrogens with zero attached hydrogens (tertiary/aromatic N) is 2. The van der Waals surface area contributed by atoms with Crippen molar-refractivity contribution in [3.8, 4) is 0 Å². The number of phosphoric acid groups is 1. The number of hydrogen-bond acceptors (Lipinski definition) is 24. The molecule has 0 bridgehead atoms. The summed E-state index contributed by atoms with van der Waals surface area (Å²) in [6.45, 7) is 0.639. The van der Waals surface area contributed by atoms with Crippen LogP contribution in [-0.2, 0) is 85.8 Å². The number of nitrogens with two attached hydrogens (primary N) is 5. The first-order valence-corrected chi connectivity index (χ1v) is 38.8. The smallest absolute Gasteiger partial charge is 0.394 e. The van der Waals surface area contributed by atoms with E-state index in [4.69, 9.17) is 28.7 Å². The molecule has 0 radical (unpaired) electrons. The number of likely N-dealkylation sites (tertiary alicyclic amines) is 2. The Labute approximate surface area is 633 Å². The van der Waals surface area contributed by atoms with Crippen LogP contribution in [0.2, 0.25) is 0 Å². The maximum atomic E-state index is 14.6. The van der Waals surface area contributed by atoms with E-state index in [9.17, 15) is 106 Å². The summed E-state index contributed by atoms with van der Waals surface area (Å²) >= 11 is 1.76. The number of carbonyl (C=O) groups excluding carboxylic acids is 17. The number of urea groups is 1. The molecule has 0 unspecified atom stereocenters. The third-order valence-corrected chi connectivity index (χ3v) is 20.1. The van der Waals surface area contributed by atoms with Crippen LogP contribution >= 0.6 is 19.6 Å². The van der Waals surface area contributed by atoms with Gasteiger partial charge < -0.3 is 128 Å². The molecular weight excluding hydrogens is 1480 g/mol. The second-order valence-electron chi connectivity index (χ2n) is 27.4. The first kappa shape index (κ1) is 92.5. The maximum Gasteiger partial charge on any atom is 0.469 e. The van der Waals surface area contributed by atoms with E-state index in [2.05, 4.69) is 73.6 Å². The van der Waals surface area contributed by atoms with E-state index in [0.29, 0.717) is 19.3 Å². The Morgan fingerprint density at radius 1 is 0.560 bits per heavy atom. The molecule has 14 atom stereocenters. The van der Waals surface area contributed by atoms with Gasteiger partial charge in [0.1, 0.15) is 60.4 Å². The summed E-state index contributed by atoms with van der Waals surface area (Å²) < 4.78 is 16.5. The van der Waals surface area contributed by atoms with E-state index in [-0.39, 0.29) is 126 Å². The van der Waals surface area contributed by atoms with Crippen molar-refractivity contribution < 1.29 is 111 Å². The van der Waals surface area contributed by atoms with Gasteiger partial charge >= 0.3 is 13.9 Å². The fourth-order valence-electron chi connectivity index (χ4n) is 12.4. The minimum absolute atomic E-state index is 0.0143. The van der Waals surface area contributed by atoms with Crippen molar-refractivity contribution in [2.24, 2.45) is 34.6 Å². The second-order valence-corrected chi connectivity index (χ2v) is 29.9. The van der Waals surface area contributed by atoms with Gasteiger partial charge in [0.05, 0.1) is 51.0 Å². The molecular formula is C64H109N20O23PS. The molecule has 0 aliphatic carbocycles. The molecule has 4 aliphatic heterocycles. The molecule has 4 fully saturated rings. The zero-order chi connectivity index (χ0) is 81.2. The summed E-state index contributed by atoms with van der Waals surface area (Å²) in [5, 5.41) is 52.7. The van der Waals surface area contributed by atoms with Crippen molar-refractivity contribution in [3.63, 3.8) is 0 Å². The topological polar surface area (TPSA) is 690 Å². The number of primary amides is 3. The van der Waals surface area contributed by atoms with Gasteiger partial charge in [0.25, 0.3) is 0 Å². The number of aliphatic hydroxyl groups excluding tert-OH is 2. The lowest BCUT2D eigenvalue weighted by atomic mass is 10.0. The molecule has 0 aromatic carbocycles. The highest BCUT2D eigenvalue weighted by Gasteiger charge is 2.47. The van der Waals surface area contributed by atoms with E-state index >= 15 is 0 Å². The van der Waals surface area contributed by atoms with Crippen LogP contribution in [0.4, 0.5) is 4.79 Å². The summed E-state index contributed by atoms with van der Waals surface area (Å²) in [4.78, 5) is 247. The van der Waals surface area contributed by atoms with E-state index in [1.807, 2.05) is 0 Å². The molecule has 0 aromatic heterocycles. The van der Waals surface area contributed by atoms with E-state index in [1.54, 1.807) is 25.6 Å². The first-order chi connectivity index (χ1) is 51.5. The summed E-state index contributed by atoms with van der Waals surface area (Å²) in [5.41, 5.74) is 27.3. The summed E-state index contributed by atoms with van der Waals surface area (Å²) in [7, 11) is -5.44. The Balaban J connectivity index is 1.41. The number of rotatable bonds is 50. The van der Waals surface area contributed by atoms with Crippen LogP contribution in [0, 0.1) is 5.92 Å². The lowest BCUT2D eigenvalue weighted by Gasteiger charge is -2.34. The Morgan fingerprint density at radius 3 is 1.60 bits per heavy atom. The number of amides is 18. The van der Waals surface area contributed by atoms with Crippen LogP contribution in [0.3, 0.4) is 0 Å². The summed E-state index contributed by atoms with van der Waals surface area (Å²) in [5.74, 6) is -14.5. The minimum Gasteiger partial charge on any atom is -0.394 e. The zero-order valence-electron chi connectivity index (χ0n) is 61.3. The third kappa shape index (κ3) is 32.3. The van der Waals surface area contributed by atoms with Gasteiger partial charge in [0.2, 0.25) is 94.5 Å². The molecule has 109 heavy (non-hydrogen) atoms. The van der Waals surface area contributed by atoms with Crippen LogP contribution in [-0.4, -0.2) is 279 Å². The van der Waals surface area contributed by atoms with Crippen molar-refractivity contribution in [1.29, 1.82) is 0 Å². The molecule has 4 rings (SSSR count). The van der Waals surface area contributed by atoms with Gasteiger partial charge in [-0.3, -0.25) is 81.2 Å². The standard InChI is InChI=1S/C64H109N20O23PS/c1-33(2)26-39(74-50(91)28-71-49(90)27-70-48(89)17-5-4-16-45-53-42(32-109-45)80-64(103)82-53)60(99)81-52(34(3)86)63(102)84-25-11-15-44(84)62(101)83-24-10-14-43(83)61(100)77-38(19-21-47(68)88)59(98)79-41(31-107-108(104,105)106)55(94)72-29-51(92)73-35(12-6-8-22-65)56(95)75-36(13-7-9-23-66)57(96)76-37(18-20-46(67)87)58(97)78-40(30-85)54(69)93/h33-45,52-53,85-86H,4-32,65-66H2,1-3H3,(H2,67,87)(H2,68,88)(H2,69,93)(H,70,89)(H,71,90)(H,72,94)(H,73,92)(H,74,91)(H,75,95)(H,76,96)(H,77,100)(H,78,97)(H,79,98)(H,81,99)(H2,80,82,103)(H2,104,105,106)/t34-,35+,36+,37+,38+,39+,40+,41+,42+,43+,44+,45+,52+,53+/m1/s1. The fraction of sp³-hybridized carbons (Fsp3) is 0.734. The molecule has 0 spiro atoms. The number of unbranched alkanes of at least 4 members (excludes halogenated alkanes) is 3. The second kappa shape index (κ2) is 46.6. The van der Waals surface area contributed by atoms with Crippen molar-refractivity contribution >= 4 is 120 Å². The van der Waals surface area contributed by atoms with Gasteiger partial charge in [0.15, 0.2) is 0 Å². The number of phosphoric ester groups is 1. The highest BCUT2D eigenvalue weighted by molar-refractivity contribution is 8.00. The van der Waals surface area contributed by atoms with Crippen LogP contribution in [0.1, 0.15) is 143 Å². The molecule has 0 saturated carbocycles. The minimum atomic E-state index is -5.44. The molecule has 27 N–H and O–H groups in total. The number of thioether (sulfide) groups is 1. The molecule has 4 aliphatic rings. The Bertz CT molecular complexity index is 3260. The number of carbonyl (C=O) groups is 17. The van der Waals surface area contributed by atoms with Gasteiger partial charge in [0, 0.05) is 43.4 Å². The summed E-state index contributed by atoms with van der Waals surface area (Å²) in [6.07, 6.45) is 0.000139. The molecule has 4 saturated heterocycles. The van der Waals surface area contributed by atoms with E-state index < -0.39 is 221 Å². The lowest BCUT2D eigenvalue weighted by molar-refractivity contribution is -0.149. The van der Waals surface area contributed by atoms with Crippen LogP contribution in [0.15, 0.2) is 0 Å². The van der Waals surface area contributed by atoms with Crippen molar-refractivity contribution in [1.82, 2.24) is 78.9 Å². The normalized spacial score (nSPS) is 19.8. The average Bonchev–Trinajstić information content (AvgIpc) is 1.68. The molecule has 45 heteroatoms. The Kier molecular flexibility index (Phi) is 39.5. The molecule has 43 nitrogen and oxygen atoms in total. The number of fused-ring (bicyclic) bond motifs is 1. The Hall–Kier alpha value is -8.91.